The Balaban J connectivity index is 1.92. The van der Waals surface area contributed by atoms with E-state index in [1.54, 1.807) is 24.3 Å². The number of benzene rings is 2. The van der Waals surface area contributed by atoms with Crippen molar-refractivity contribution in [3.8, 4) is 5.75 Å². The fourth-order valence-electron chi connectivity index (χ4n) is 2.20. The van der Waals surface area contributed by atoms with Crippen molar-refractivity contribution in [3.05, 3.63) is 59.1 Å². The van der Waals surface area contributed by atoms with Crippen molar-refractivity contribution in [2.75, 3.05) is 11.9 Å². The van der Waals surface area contributed by atoms with Gasteiger partial charge in [-0.25, -0.2) is 0 Å². The minimum atomic E-state index is -0.647. The first-order valence-electron chi connectivity index (χ1n) is 7.99. The van der Waals surface area contributed by atoms with Crippen LogP contribution >= 0.6 is 15.9 Å². The standard InChI is InChI=1S/C19H21BrN2O3/c1-13(2)18(19(24)21-15-8-6-7-14(20)11-15)22-17(23)12-25-16-9-4-3-5-10-16/h3-11,13,18H,12H2,1-2H3,(H,21,24)(H,22,23)/t18-/m0/s1. The quantitative estimate of drug-likeness (QED) is 0.740. The molecule has 2 amide bonds. The highest BCUT2D eigenvalue weighted by Crippen LogP contribution is 2.16. The van der Waals surface area contributed by atoms with E-state index in [2.05, 4.69) is 26.6 Å². The fraction of sp³-hybridized carbons (Fsp3) is 0.263. The van der Waals surface area contributed by atoms with E-state index in [-0.39, 0.29) is 24.3 Å². The van der Waals surface area contributed by atoms with Crippen molar-refractivity contribution >= 4 is 33.4 Å². The second-order valence-electron chi connectivity index (χ2n) is 5.89. The zero-order valence-corrected chi connectivity index (χ0v) is 15.7. The van der Waals surface area contributed by atoms with Gasteiger partial charge in [0.2, 0.25) is 5.91 Å². The lowest BCUT2D eigenvalue weighted by atomic mass is 10.0. The molecule has 0 radical (unpaired) electrons. The van der Waals surface area contributed by atoms with E-state index >= 15 is 0 Å². The molecule has 2 N–H and O–H groups in total. The van der Waals surface area contributed by atoms with E-state index < -0.39 is 6.04 Å². The minimum absolute atomic E-state index is 0.0622. The summed E-state index contributed by atoms with van der Waals surface area (Å²) in [6.07, 6.45) is 0. The molecule has 0 aliphatic carbocycles. The highest BCUT2D eigenvalue weighted by atomic mass is 79.9. The van der Waals surface area contributed by atoms with Crippen molar-refractivity contribution in [1.29, 1.82) is 0 Å². The van der Waals surface area contributed by atoms with E-state index in [9.17, 15) is 9.59 Å². The van der Waals surface area contributed by atoms with Crippen molar-refractivity contribution < 1.29 is 14.3 Å². The molecule has 0 unspecified atom stereocenters. The van der Waals surface area contributed by atoms with Gasteiger partial charge in [-0.05, 0) is 36.2 Å². The molecule has 6 heteroatoms. The number of nitrogens with one attached hydrogen (secondary N) is 2. The summed E-state index contributed by atoms with van der Waals surface area (Å²) in [7, 11) is 0. The van der Waals surface area contributed by atoms with Gasteiger partial charge in [-0.15, -0.1) is 0 Å². The maximum absolute atomic E-state index is 12.5. The van der Waals surface area contributed by atoms with E-state index in [0.717, 1.165) is 4.47 Å². The van der Waals surface area contributed by atoms with E-state index in [4.69, 9.17) is 4.74 Å². The normalized spacial score (nSPS) is 11.7. The fourth-order valence-corrected chi connectivity index (χ4v) is 2.60. The molecular weight excluding hydrogens is 384 g/mol. The smallest absolute Gasteiger partial charge is 0.258 e. The van der Waals surface area contributed by atoms with Gasteiger partial charge in [0, 0.05) is 10.2 Å². The summed E-state index contributed by atoms with van der Waals surface area (Å²) >= 11 is 3.36. The summed E-state index contributed by atoms with van der Waals surface area (Å²) < 4.78 is 6.28. The molecule has 5 nitrogen and oxygen atoms in total. The third-order valence-electron chi connectivity index (χ3n) is 3.47. The Hall–Kier alpha value is -2.34. The van der Waals surface area contributed by atoms with Crippen LogP contribution in [0.3, 0.4) is 0 Å². The topological polar surface area (TPSA) is 67.4 Å². The number of carbonyl (C=O) groups is 2. The van der Waals surface area contributed by atoms with Gasteiger partial charge in [0.05, 0.1) is 0 Å². The van der Waals surface area contributed by atoms with Crippen molar-refractivity contribution in [3.63, 3.8) is 0 Å². The van der Waals surface area contributed by atoms with Gasteiger partial charge in [0.25, 0.3) is 5.91 Å². The number of carbonyl (C=O) groups excluding carboxylic acids is 2. The molecule has 0 fully saturated rings. The number of ether oxygens (including phenoxy) is 1. The lowest BCUT2D eigenvalue weighted by molar-refractivity contribution is -0.128. The van der Waals surface area contributed by atoms with Gasteiger partial charge in [0.1, 0.15) is 11.8 Å². The van der Waals surface area contributed by atoms with E-state index in [0.29, 0.717) is 11.4 Å². The van der Waals surface area contributed by atoms with Crippen LogP contribution in [0.1, 0.15) is 13.8 Å². The van der Waals surface area contributed by atoms with Crippen molar-refractivity contribution in [1.82, 2.24) is 5.32 Å². The average Bonchev–Trinajstić information content (AvgIpc) is 2.58. The van der Waals surface area contributed by atoms with Crippen LogP contribution < -0.4 is 15.4 Å². The zero-order valence-electron chi connectivity index (χ0n) is 14.2. The van der Waals surface area contributed by atoms with Crippen LogP contribution in [0.4, 0.5) is 5.69 Å². The summed E-state index contributed by atoms with van der Waals surface area (Å²) in [6, 6.07) is 15.7. The molecule has 132 valence electrons. The van der Waals surface area contributed by atoms with Crippen molar-refractivity contribution in [2.45, 2.75) is 19.9 Å². The number of anilines is 1. The zero-order chi connectivity index (χ0) is 18.2. The first-order valence-corrected chi connectivity index (χ1v) is 8.78. The summed E-state index contributed by atoms with van der Waals surface area (Å²) in [4.78, 5) is 24.6. The Morgan fingerprint density at radius 3 is 2.44 bits per heavy atom. The Kier molecular flexibility index (Phi) is 7.01. The van der Waals surface area contributed by atoms with Gasteiger partial charge < -0.3 is 15.4 Å². The minimum Gasteiger partial charge on any atom is -0.484 e. The van der Waals surface area contributed by atoms with Crippen LogP contribution in [0.15, 0.2) is 59.1 Å². The molecule has 2 aromatic carbocycles. The van der Waals surface area contributed by atoms with Gasteiger partial charge in [-0.2, -0.15) is 0 Å². The summed E-state index contributed by atoms with van der Waals surface area (Å²) in [5.41, 5.74) is 0.666. The molecule has 0 heterocycles. The van der Waals surface area contributed by atoms with Gasteiger partial charge in [-0.1, -0.05) is 54.0 Å². The number of halogens is 1. The molecule has 2 rings (SSSR count). The molecule has 25 heavy (non-hydrogen) atoms. The Bertz CT molecular complexity index is 720. The Morgan fingerprint density at radius 1 is 1.08 bits per heavy atom. The van der Waals surface area contributed by atoms with Crippen LogP contribution in [0.5, 0.6) is 5.75 Å². The summed E-state index contributed by atoms with van der Waals surface area (Å²) in [5.74, 6) is -0.0572. The largest absolute Gasteiger partial charge is 0.484 e. The van der Waals surface area contributed by atoms with Gasteiger partial charge in [-0.3, -0.25) is 9.59 Å². The number of rotatable bonds is 7. The van der Waals surface area contributed by atoms with Crippen LogP contribution in [-0.2, 0) is 9.59 Å². The number of hydrogen-bond donors (Lipinski definition) is 2. The molecule has 0 saturated carbocycles. The highest BCUT2D eigenvalue weighted by Gasteiger charge is 2.24. The first-order chi connectivity index (χ1) is 12.0. The molecule has 0 aliphatic heterocycles. The summed E-state index contributed by atoms with van der Waals surface area (Å²) in [5, 5.41) is 5.55. The highest BCUT2D eigenvalue weighted by molar-refractivity contribution is 9.10. The van der Waals surface area contributed by atoms with Crippen molar-refractivity contribution in [2.24, 2.45) is 5.92 Å². The van der Waals surface area contributed by atoms with Crippen LogP contribution in [0.2, 0.25) is 0 Å². The predicted molar refractivity (Wildman–Crippen MR) is 101 cm³/mol. The molecule has 0 saturated heterocycles. The average molecular weight is 405 g/mol. The van der Waals surface area contributed by atoms with Crippen LogP contribution in [0.25, 0.3) is 0 Å². The predicted octanol–water partition coefficient (Wildman–Crippen LogP) is 3.61. The molecule has 2 aromatic rings. The van der Waals surface area contributed by atoms with E-state index in [1.807, 2.05) is 44.2 Å². The van der Waals surface area contributed by atoms with Crippen LogP contribution in [-0.4, -0.2) is 24.5 Å². The number of hydrogen-bond acceptors (Lipinski definition) is 3. The van der Waals surface area contributed by atoms with Gasteiger partial charge in [0.15, 0.2) is 6.61 Å². The number of para-hydroxylation sites is 1. The second kappa shape index (κ2) is 9.22. The van der Waals surface area contributed by atoms with Crippen LogP contribution in [0, 0.1) is 5.92 Å². The maximum Gasteiger partial charge on any atom is 0.258 e. The monoisotopic (exact) mass is 404 g/mol. The van der Waals surface area contributed by atoms with E-state index in [1.165, 1.54) is 0 Å². The third-order valence-corrected chi connectivity index (χ3v) is 3.96. The van der Waals surface area contributed by atoms with Gasteiger partial charge >= 0.3 is 0 Å². The maximum atomic E-state index is 12.5. The SMILES string of the molecule is CC(C)[C@H](NC(=O)COc1ccccc1)C(=O)Nc1cccc(Br)c1. The second-order valence-corrected chi connectivity index (χ2v) is 6.81. The Morgan fingerprint density at radius 2 is 1.80 bits per heavy atom. The summed E-state index contributed by atoms with van der Waals surface area (Å²) in [6.45, 7) is 3.62. The molecule has 0 aliphatic rings. The lowest BCUT2D eigenvalue weighted by Crippen LogP contribution is -2.48. The number of amides is 2. The molecule has 1 atom stereocenters. The molecule has 0 spiro atoms. The first kappa shape index (κ1) is 19.0. The molecule has 0 bridgehead atoms. The molecular formula is C19H21BrN2O3. The third kappa shape index (κ3) is 6.23. The molecule has 0 aromatic heterocycles. The Labute approximate surface area is 155 Å². The lowest BCUT2D eigenvalue weighted by Gasteiger charge is -2.22.